The van der Waals surface area contributed by atoms with Gasteiger partial charge in [0.15, 0.2) is 0 Å². The maximum atomic E-state index is 11.4. The molecule has 5 heteroatoms. The van der Waals surface area contributed by atoms with Gasteiger partial charge in [0.25, 0.3) is 0 Å². The highest BCUT2D eigenvalue weighted by molar-refractivity contribution is 7.78. The molecule has 0 spiro atoms. The molecule has 1 rings (SSSR count). The topological polar surface area (TPSA) is 58.9 Å². The number of benzene rings is 1. The predicted octanol–water partition coefficient (Wildman–Crippen LogP) is 2.30. The van der Waals surface area contributed by atoms with Crippen LogP contribution in [0.5, 0.6) is 5.75 Å². The molecule has 0 saturated heterocycles. The van der Waals surface area contributed by atoms with Crippen molar-refractivity contribution in [2.45, 2.75) is 6.92 Å². The summed E-state index contributed by atoms with van der Waals surface area (Å²) in [5.74, 6) is -0.571. The van der Waals surface area contributed by atoms with Gasteiger partial charge in [-0.3, -0.25) is 0 Å². The van der Waals surface area contributed by atoms with Crippen LogP contribution in [0.3, 0.4) is 0 Å². The molecular weight excluding hydrogens is 214 g/mol. The maximum Gasteiger partial charge on any atom is 0.340 e. The van der Waals surface area contributed by atoms with Gasteiger partial charge in [-0.15, -0.1) is 0 Å². The fourth-order valence-corrected chi connectivity index (χ4v) is 1.14. The van der Waals surface area contributed by atoms with Crippen molar-refractivity contribution in [2.24, 2.45) is 4.99 Å². The van der Waals surface area contributed by atoms with E-state index in [-0.39, 0.29) is 17.9 Å². The third-order valence-electron chi connectivity index (χ3n) is 1.64. The standard InChI is InChI=1S/C10H9NO3S/c1-2-14-10(13)8-5-7(12)3-4-9(8)11-6-15/h3-5,12H,2H2,1H3. The lowest BCUT2D eigenvalue weighted by Gasteiger charge is -2.04. The summed E-state index contributed by atoms with van der Waals surface area (Å²) in [4.78, 5) is 15.1. The predicted molar refractivity (Wildman–Crippen MR) is 58.7 cm³/mol. The summed E-state index contributed by atoms with van der Waals surface area (Å²) in [6, 6.07) is 4.17. The molecule has 1 aromatic rings. The number of isothiocyanates is 1. The molecule has 0 saturated carbocycles. The zero-order valence-corrected chi connectivity index (χ0v) is 8.87. The van der Waals surface area contributed by atoms with Crippen molar-refractivity contribution in [2.75, 3.05) is 6.61 Å². The number of aliphatic imine (C=N–C) groups is 1. The van der Waals surface area contributed by atoms with Crippen LogP contribution in [-0.4, -0.2) is 22.8 Å². The van der Waals surface area contributed by atoms with Crippen molar-refractivity contribution in [3.8, 4) is 5.75 Å². The molecule has 78 valence electrons. The van der Waals surface area contributed by atoms with E-state index in [0.29, 0.717) is 5.69 Å². The average molecular weight is 223 g/mol. The van der Waals surface area contributed by atoms with Gasteiger partial charge in [-0.2, -0.15) is 4.99 Å². The van der Waals surface area contributed by atoms with Gasteiger partial charge in [-0.25, -0.2) is 4.79 Å². The second kappa shape index (κ2) is 5.24. The van der Waals surface area contributed by atoms with Crippen molar-refractivity contribution < 1.29 is 14.6 Å². The molecule has 1 N–H and O–H groups in total. The van der Waals surface area contributed by atoms with Crippen LogP contribution in [0.1, 0.15) is 17.3 Å². The Hall–Kier alpha value is -1.71. The molecule has 0 aliphatic carbocycles. The first kappa shape index (κ1) is 11.4. The van der Waals surface area contributed by atoms with Crippen LogP contribution in [0.4, 0.5) is 5.69 Å². The van der Waals surface area contributed by atoms with Crippen molar-refractivity contribution in [3.05, 3.63) is 23.8 Å². The van der Waals surface area contributed by atoms with E-state index in [0.717, 1.165) is 0 Å². The van der Waals surface area contributed by atoms with Crippen LogP contribution in [0.25, 0.3) is 0 Å². The molecule has 0 radical (unpaired) electrons. The molecule has 0 aliphatic rings. The number of aromatic hydroxyl groups is 1. The molecule has 1 aromatic carbocycles. The van der Waals surface area contributed by atoms with Gasteiger partial charge in [-0.05, 0) is 37.3 Å². The van der Waals surface area contributed by atoms with Crippen molar-refractivity contribution >= 4 is 29.0 Å². The van der Waals surface area contributed by atoms with Gasteiger partial charge in [0.2, 0.25) is 0 Å². The molecule has 0 amide bonds. The third-order valence-corrected chi connectivity index (χ3v) is 1.73. The van der Waals surface area contributed by atoms with Crippen LogP contribution in [0.15, 0.2) is 23.2 Å². The fraction of sp³-hybridized carbons (Fsp3) is 0.200. The molecule has 15 heavy (non-hydrogen) atoms. The Morgan fingerprint density at radius 3 is 3.00 bits per heavy atom. The lowest BCUT2D eigenvalue weighted by atomic mass is 10.1. The van der Waals surface area contributed by atoms with E-state index in [1.54, 1.807) is 6.92 Å². The van der Waals surface area contributed by atoms with Crippen molar-refractivity contribution in [1.29, 1.82) is 0 Å². The summed E-state index contributed by atoms with van der Waals surface area (Å²) in [7, 11) is 0. The molecule has 0 fully saturated rings. The Kier molecular flexibility index (Phi) is 3.97. The average Bonchev–Trinajstić information content (AvgIpc) is 2.21. The number of phenolic OH excluding ortho intramolecular Hbond substituents is 1. The number of rotatable bonds is 3. The molecule has 0 unspecified atom stereocenters. The number of thiocarbonyl (C=S) groups is 1. The minimum absolute atomic E-state index is 0.0265. The van der Waals surface area contributed by atoms with E-state index in [2.05, 4.69) is 22.4 Å². The Balaban J connectivity index is 3.17. The largest absolute Gasteiger partial charge is 0.508 e. The Morgan fingerprint density at radius 1 is 1.67 bits per heavy atom. The van der Waals surface area contributed by atoms with Gasteiger partial charge in [0, 0.05) is 0 Å². The second-order valence-corrected chi connectivity index (χ2v) is 2.81. The summed E-state index contributed by atoms with van der Waals surface area (Å²) >= 11 is 4.45. The zero-order chi connectivity index (χ0) is 11.3. The lowest BCUT2D eigenvalue weighted by Crippen LogP contribution is -2.04. The first-order valence-electron chi connectivity index (χ1n) is 4.27. The molecule has 0 heterocycles. The number of esters is 1. The third kappa shape index (κ3) is 2.87. The monoisotopic (exact) mass is 223 g/mol. The highest BCUT2D eigenvalue weighted by Gasteiger charge is 2.12. The van der Waals surface area contributed by atoms with Crippen molar-refractivity contribution in [1.82, 2.24) is 0 Å². The number of phenols is 1. The van der Waals surface area contributed by atoms with Crippen LogP contribution < -0.4 is 0 Å². The highest BCUT2D eigenvalue weighted by atomic mass is 32.1. The number of hydrogen-bond acceptors (Lipinski definition) is 5. The van der Waals surface area contributed by atoms with Crippen LogP contribution >= 0.6 is 12.2 Å². The van der Waals surface area contributed by atoms with Gasteiger partial charge < -0.3 is 9.84 Å². The summed E-state index contributed by atoms with van der Waals surface area (Å²) in [6.07, 6.45) is 0. The minimum Gasteiger partial charge on any atom is -0.508 e. The van der Waals surface area contributed by atoms with Gasteiger partial charge >= 0.3 is 5.97 Å². The summed E-state index contributed by atoms with van der Waals surface area (Å²) in [6.45, 7) is 1.96. The summed E-state index contributed by atoms with van der Waals surface area (Å²) in [5, 5.41) is 11.4. The van der Waals surface area contributed by atoms with Gasteiger partial charge in [0.05, 0.1) is 23.0 Å². The molecule has 0 bridgehead atoms. The fourth-order valence-electron chi connectivity index (χ4n) is 1.04. The first-order chi connectivity index (χ1) is 7.19. The van der Waals surface area contributed by atoms with E-state index in [1.807, 2.05) is 0 Å². The quantitative estimate of drug-likeness (QED) is 0.485. The van der Waals surface area contributed by atoms with E-state index < -0.39 is 5.97 Å². The Morgan fingerprint density at radius 2 is 2.40 bits per heavy atom. The highest BCUT2D eigenvalue weighted by Crippen LogP contribution is 2.24. The Bertz CT molecular complexity index is 425. The normalized spacial score (nSPS) is 9.13. The van der Waals surface area contributed by atoms with Gasteiger partial charge in [0.1, 0.15) is 5.75 Å². The van der Waals surface area contributed by atoms with E-state index in [1.165, 1.54) is 18.2 Å². The molecule has 4 nitrogen and oxygen atoms in total. The van der Waals surface area contributed by atoms with Crippen LogP contribution in [0.2, 0.25) is 0 Å². The number of ether oxygens (including phenoxy) is 1. The van der Waals surface area contributed by atoms with E-state index >= 15 is 0 Å². The Labute approximate surface area is 92.2 Å². The van der Waals surface area contributed by atoms with Crippen LogP contribution in [-0.2, 0) is 4.74 Å². The molecule has 0 atom stereocenters. The number of carbonyl (C=O) groups is 1. The molecular formula is C10H9NO3S. The van der Waals surface area contributed by atoms with Crippen molar-refractivity contribution in [3.63, 3.8) is 0 Å². The lowest BCUT2D eigenvalue weighted by molar-refractivity contribution is 0.0527. The molecule has 0 aromatic heterocycles. The SMILES string of the molecule is CCOC(=O)c1cc(O)ccc1N=C=S. The number of hydrogen-bond donors (Lipinski definition) is 1. The van der Waals surface area contributed by atoms with E-state index in [4.69, 9.17) is 4.74 Å². The second-order valence-electron chi connectivity index (χ2n) is 2.63. The number of carbonyl (C=O) groups excluding carboxylic acids is 1. The smallest absolute Gasteiger partial charge is 0.340 e. The van der Waals surface area contributed by atoms with Crippen LogP contribution in [0, 0.1) is 0 Å². The molecule has 0 aliphatic heterocycles. The maximum absolute atomic E-state index is 11.4. The summed E-state index contributed by atoms with van der Waals surface area (Å²) in [5.41, 5.74) is 0.510. The van der Waals surface area contributed by atoms with Gasteiger partial charge in [-0.1, -0.05) is 0 Å². The zero-order valence-electron chi connectivity index (χ0n) is 8.06. The minimum atomic E-state index is -0.544. The first-order valence-corrected chi connectivity index (χ1v) is 4.68. The summed E-state index contributed by atoms with van der Waals surface area (Å²) < 4.78 is 4.80. The van der Waals surface area contributed by atoms with E-state index in [9.17, 15) is 9.90 Å². The number of nitrogens with zero attached hydrogens (tertiary/aromatic N) is 1.